The second kappa shape index (κ2) is 4.78. The maximum atomic E-state index is 10.5. The number of hydrogen-bond acceptors (Lipinski definition) is 3. The molecule has 58 valence electrons. The summed E-state index contributed by atoms with van der Waals surface area (Å²) in [4.78, 5) is 20.3. The molecular formula is C6H10O4. The Balaban J connectivity index is 3.30. The lowest BCUT2D eigenvalue weighted by Gasteiger charge is -1.97. The van der Waals surface area contributed by atoms with E-state index in [9.17, 15) is 9.59 Å². The molecule has 4 heteroatoms. The Hall–Kier alpha value is -1.06. The van der Waals surface area contributed by atoms with Gasteiger partial charge in [-0.3, -0.25) is 4.79 Å². The highest BCUT2D eigenvalue weighted by atomic mass is 16.5. The first kappa shape index (κ1) is 8.94. The highest BCUT2D eigenvalue weighted by Gasteiger charge is 2.02. The van der Waals surface area contributed by atoms with Crippen molar-refractivity contribution in [3.63, 3.8) is 0 Å². The van der Waals surface area contributed by atoms with Gasteiger partial charge in [-0.2, -0.15) is 0 Å². The topological polar surface area (TPSA) is 63.6 Å². The van der Waals surface area contributed by atoms with Crippen LogP contribution in [0.5, 0.6) is 0 Å². The van der Waals surface area contributed by atoms with Gasteiger partial charge in [0.15, 0.2) is 6.61 Å². The minimum absolute atomic E-state index is 0.285. The van der Waals surface area contributed by atoms with Gasteiger partial charge in [0.1, 0.15) is 0 Å². The largest absolute Gasteiger partial charge is 0.479 e. The number of carboxylic acids is 1. The van der Waals surface area contributed by atoms with E-state index in [-0.39, 0.29) is 6.42 Å². The minimum Gasteiger partial charge on any atom is -0.479 e. The fourth-order valence-corrected chi connectivity index (χ4v) is 0.419. The Morgan fingerprint density at radius 2 is 2.10 bits per heavy atom. The second-order valence-electron chi connectivity index (χ2n) is 1.80. The zero-order valence-corrected chi connectivity index (χ0v) is 5.79. The average Bonchev–Trinajstić information content (AvgIpc) is 1.85. The predicted octanol–water partition coefficient (Wildman–Crippen LogP) is 0.414. The molecule has 0 aromatic rings. The van der Waals surface area contributed by atoms with Crippen LogP contribution in [0.4, 0.5) is 0 Å². The Labute approximate surface area is 58.8 Å². The van der Waals surface area contributed by atoms with Crippen LogP contribution < -0.4 is 0 Å². The molecule has 0 aromatic carbocycles. The molecule has 0 atom stereocenters. The van der Waals surface area contributed by atoms with Gasteiger partial charge < -0.3 is 9.84 Å². The molecule has 0 radical (unpaired) electrons. The quantitative estimate of drug-likeness (QED) is 0.583. The van der Waals surface area contributed by atoms with Gasteiger partial charge in [-0.25, -0.2) is 4.79 Å². The number of rotatable bonds is 4. The molecule has 0 aliphatic rings. The van der Waals surface area contributed by atoms with Crippen LogP contribution in [0, 0.1) is 0 Å². The van der Waals surface area contributed by atoms with Gasteiger partial charge in [-0.05, 0) is 6.42 Å². The Morgan fingerprint density at radius 1 is 1.50 bits per heavy atom. The molecule has 1 N–H and O–H groups in total. The lowest BCUT2D eigenvalue weighted by atomic mass is 10.3. The molecule has 0 spiro atoms. The molecule has 0 saturated carbocycles. The third-order valence-electron chi connectivity index (χ3n) is 0.811. The summed E-state index contributed by atoms with van der Waals surface area (Å²) in [6, 6.07) is 0. The van der Waals surface area contributed by atoms with Crippen molar-refractivity contribution < 1.29 is 19.4 Å². The molecule has 0 rings (SSSR count). The Morgan fingerprint density at radius 3 is 2.50 bits per heavy atom. The molecular weight excluding hydrogens is 136 g/mol. The standard InChI is InChI=1S/C6H10O4/c1-2-3-6(9)10-4-5(7)8/h2-4H2,1H3,(H,7,8). The second-order valence-corrected chi connectivity index (χ2v) is 1.80. The van der Waals surface area contributed by atoms with Crippen LogP contribution in [0.3, 0.4) is 0 Å². The Kier molecular flexibility index (Phi) is 4.28. The van der Waals surface area contributed by atoms with E-state index >= 15 is 0 Å². The number of hydrogen-bond donors (Lipinski definition) is 1. The predicted molar refractivity (Wildman–Crippen MR) is 33.5 cm³/mol. The lowest BCUT2D eigenvalue weighted by molar-refractivity contribution is -0.155. The van der Waals surface area contributed by atoms with Crippen LogP contribution in [0.2, 0.25) is 0 Å². The number of carboxylic acid groups (broad SMARTS) is 1. The molecule has 0 bridgehead atoms. The van der Waals surface area contributed by atoms with Crippen LogP contribution in [-0.2, 0) is 14.3 Å². The van der Waals surface area contributed by atoms with E-state index in [1.54, 1.807) is 0 Å². The van der Waals surface area contributed by atoms with E-state index < -0.39 is 18.5 Å². The van der Waals surface area contributed by atoms with Crippen molar-refractivity contribution in [2.45, 2.75) is 19.8 Å². The monoisotopic (exact) mass is 146 g/mol. The SMILES string of the molecule is CCCC(=O)OCC(=O)O. The van der Waals surface area contributed by atoms with Crippen molar-refractivity contribution in [1.82, 2.24) is 0 Å². The van der Waals surface area contributed by atoms with Crippen molar-refractivity contribution in [3.8, 4) is 0 Å². The van der Waals surface area contributed by atoms with Crippen molar-refractivity contribution in [2.24, 2.45) is 0 Å². The van der Waals surface area contributed by atoms with Crippen LogP contribution in [0.25, 0.3) is 0 Å². The van der Waals surface area contributed by atoms with Crippen LogP contribution in [0.1, 0.15) is 19.8 Å². The zero-order chi connectivity index (χ0) is 7.98. The van der Waals surface area contributed by atoms with Crippen LogP contribution >= 0.6 is 0 Å². The van der Waals surface area contributed by atoms with E-state index in [0.717, 1.165) is 0 Å². The number of carbonyl (C=O) groups excluding carboxylic acids is 1. The summed E-state index contributed by atoms with van der Waals surface area (Å²) in [7, 11) is 0. The van der Waals surface area contributed by atoms with Gasteiger partial charge in [-0.15, -0.1) is 0 Å². The summed E-state index contributed by atoms with van der Waals surface area (Å²) in [5, 5.41) is 8.05. The van der Waals surface area contributed by atoms with Gasteiger partial charge in [-0.1, -0.05) is 6.92 Å². The summed E-state index contributed by atoms with van der Waals surface area (Å²) in [5.74, 6) is -1.57. The molecule has 0 heterocycles. The van der Waals surface area contributed by atoms with Crippen molar-refractivity contribution >= 4 is 11.9 Å². The highest BCUT2D eigenvalue weighted by Crippen LogP contribution is 1.89. The zero-order valence-electron chi connectivity index (χ0n) is 5.79. The average molecular weight is 146 g/mol. The van der Waals surface area contributed by atoms with Crippen molar-refractivity contribution in [2.75, 3.05) is 6.61 Å². The fourth-order valence-electron chi connectivity index (χ4n) is 0.419. The molecule has 0 aliphatic heterocycles. The normalized spacial score (nSPS) is 8.90. The molecule has 0 amide bonds. The molecule has 0 fully saturated rings. The first-order chi connectivity index (χ1) is 4.66. The van der Waals surface area contributed by atoms with Gasteiger partial charge in [0.2, 0.25) is 0 Å². The molecule has 10 heavy (non-hydrogen) atoms. The van der Waals surface area contributed by atoms with Gasteiger partial charge in [0, 0.05) is 6.42 Å². The molecule has 4 nitrogen and oxygen atoms in total. The van der Waals surface area contributed by atoms with E-state index in [0.29, 0.717) is 6.42 Å². The van der Waals surface area contributed by atoms with E-state index in [2.05, 4.69) is 4.74 Å². The summed E-state index contributed by atoms with van der Waals surface area (Å²) >= 11 is 0. The third-order valence-corrected chi connectivity index (χ3v) is 0.811. The number of aliphatic carboxylic acids is 1. The van der Waals surface area contributed by atoms with Crippen LogP contribution in [0.15, 0.2) is 0 Å². The highest BCUT2D eigenvalue weighted by molar-refractivity contribution is 5.74. The number of esters is 1. The summed E-state index contributed by atoms with van der Waals surface area (Å²) in [5.41, 5.74) is 0. The maximum Gasteiger partial charge on any atom is 0.341 e. The number of ether oxygens (including phenoxy) is 1. The van der Waals surface area contributed by atoms with Gasteiger partial charge in [0.05, 0.1) is 0 Å². The van der Waals surface area contributed by atoms with Gasteiger partial charge in [0.25, 0.3) is 0 Å². The fraction of sp³-hybridized carbons (Fsp3) is 0.667. The maximum absolute atomic E-state index is 10.5. The minimum atomic E-state index is -1.12. The summed E-state index contributed by atoms with van der Waals surface area (Å²) in [6.07, 6.45) is 0.964. The van der Waals surface area contributed by atoms with Crippen molar-refractivity contribution in [3.05, 3.63) is 0 Å². The first-order valence-electron chi connectivity index (χ1n) is 3.04. The van der Waals surface area contributed by atoms with E-state index in [1.807, 2.05) is 6.92 Å². The van der Waals surface area contributed by atoms with Crippen LogP contribution in [-0.4, -0.2) is 23.7 Å². The number of carbonyl (C=O) groups is 2. The van der Waals surface area contributed by atoms with Gasteiger partial charge >= 0.3 is 11.9 Å². The summed E-state index contributed by atoms with van der Waals surface area (Å²) in [6.45, 7) is 1.29. The lowest BCUT2D eigenvalue weighted by Crippen LogP contribution is -2.12. The molecule has 0 unspecified atom stereocenters. The summed E-state index contributed by atoms with van der Waals surface area (Å²) < 4.78 is 4.31. The van der Waals surface area contributed by atoms with E-state index in [1.165, 1.54) is 0 Å². The first-order valence-corrected chi connectivity index (χ1v) is 3.04. The smallest absolute Gasteiger partial charge is 0.341 e. The van der Waals surface area contributed by atoms with E-state index in [4.69, 9.17) is 5.11 Å². The third kappa shape index (κ3) is 5.08. The molecule has 0 saturated heterocycles. The molecule has 0 aromatic heterocycles. The molecule has 0 aliphatic carbocycles. The van der Waals surface area contributed by atoms with Crippen molar-refractivity contribution in [1.29, 1.82) is 0 Å². The Bertz CT molecular complexity index is 130.